The van der Waals surface area contributed by atoms with Crippen LogP contribution in [0.3, 0.4) is 0 Å². The normalized spacial score (nSPS) is 10.6. The van der Waals surface area contributed by atoms with Crippen LogP contribution in [0.1, 0.15) is 22.5 Å². The van der Waals surface area contributed by atoms with Gasteiger partial charge in [-0.1, -0.05) is 24.3 Å². The van der Waals surface area contributed by atoms with Crippen molar-refractivity contribution in [2.75, 3.05) is 12.4 Å². The molecule has 0 saturated heterocycles. The summed E-state index contributed by atoms with van der Waals surface area (Å²) in [6.07, 6.45) is 2.18. The highest BCUT2D eigenvalue weighted by atomic mass is 19.1. The number of methoxy groups -OCH3 is 1. The van der Waals surface area contributed by atoms with Gasteiger partial charge < -0.3 is 15.0 Å². The fourth-order valence-corrected chi connectivity index (χ4v) is 3.96. The van der Waals surface area contributed by atoms with Crippen molar-refractivity contribution >= 4 is 5.95 Å². The molecular formula is C29H23FN6O. The molecule has 3 aromatic carbocycles. The van der Waals surface area contributed by atoms with E-state index in [1.54, 1.807) is 37.6 Å². The van der Waals surface area contributed by atoms with E-state index in [0.29, 0.717) is 47.4 Å². The molecule has 0 bridgehead atoms. The van der Waals surface area contributed by atoms with Crippen LogP contribution in [0.5, 0.6) is 5.75 Å². The molecule has 0 aliphatic rings. The number of aromatic nitrogens is 4. The molecule has 0 amide bonds. The van der Waals surface area contributed by atoms with E-state index < -0.39 is 0 Å². The number of imidazole rings is 1. The second-order valence-corrected chi connectivity index (χ2v) is 8.37. The number of nitrogens with one attached hydrogen (secondary N) is 2. The Labute approximate surface area is 213 Å². The summed E-state index contributed by atoms with van der Waals surface area (Å²) < 4.78 is 18.8. The van der Waals surface area contributed by atoms with Crippen LogP contribution >= 0.6 is 0 Å². The summed E-state index contributed by atoms with van der Waals surface area (Å²) in [6.45, 7) is 0.543. The fourth-order valence-electron chi connectivity index (χ4n) is 3.96. The van der Waals surface area contributed by atoms with Gasteiger partial charge in [0.25, 0.3) is 0 Å². The van der Waals surface area contributed by atoms with Crippen LogP contribution in [-0.2, 0) is 13.0 Å². The van der Waals surface area contributed by atoms with Crippen molar-refractivity contribution in [3.05, 3.63) is 113 Å². The Morgan fingerprint density at radius 1 is 0.973 bits per heavy atom. The van der Waals surface area contributed by atoms with Crippen LogP contribution in [0, 0.1) is 17.1 Å². The Bertz CT molecular complexity index is 1560. The quantitative estimate of drug-likeness (QED) is 0.287. The zero-order valence-electron chi connectivity index (χ0n) is 20.1. The number of anilines is 1. The van der Waals surface area contributed by atoms with Gasteiger partial charge >= 0.3 is 0 Å². The third-order valence-electron chi connectivity index (χ3n) is 5.82. The second-order valence-electron chi connectivity index (χ2n) is 8.37. The molecular weight excluding hydrogens is 467 g/mol. The molecule has 0 unspecified atom stereocenters. The van der Waals surface area contributed by atoms with E-state index in [2.05, 4.69) is 21.4 Å². The van der Waals surface area contributed by atoms with Crippen molar-refractivity contribution < 1.29 is 9.13 Å². The topological polar surface area (TPSA) is 99.5 Å². The standard InChI is InChI=1S/C29H23FN6O/c1-37-24-11-5-19(6-12-24)18-33-29-32-14-13-25(34-29)28-27(22-7-9-23(30)10-8-22)35-26(36-28)16-20-3-2-4-21(15-20)17-31/h2-15H,16,18H2,1H3,(H,35,36)(H,32,33,34). The molecule has 2 aromatic heterocycles. The lowest BCUT2D eigenvalue weighted by atomic mass is 10.1. The first kappa shape index (κ1) is 23.7. The molecule has 0 radical (unpaired) electrons. The lowest BCUT2D eigenvalue weighted by Gasteiger charge is -2.08. The minimum atomic E-state index is -0.318. The monoisotopic (exact) mass is 490 g/mol. The van der Waals surface area contributed by atoms with Gasteiger partial charge in [-0.3, -0.25) is 0 Å². The van der Waals surface area contributed by atoms with Crippen molar-refractivity contribution in [1.82, 2.24) is 19.9 Å². The SMILES string of the molecule is COc1ccc(CNc2nccc(-c3[nH]c(Cc4cccc(C#N)c4)nc3-c3ccc(F)cc3)n2)cc1. The van der Waals surface area contributed by atoms with Gasteiger partial charge in [0.2, 0.25) is 5.95 Å². The highest BCUT2D eigenvalue weighted by molar-refractivity contribution is 5.77. The number of aromatic amines is 1. The van der Waals surface area contributed by atoms with Gasteiger partial charge in [0.15, 0.2) is 0 Å². The summed E-state index contributed by atoms with van der Waals surface area (Å²) in [4.78, 5) is 17.3. The van der Waals surface area contributed by atoms with Crippen molar-refractivity contribution in [3.63, 3.8) is 0 Å². The fraction of sp³-hybridized carbons (Fsp3) is 0.103. The first-order valence-electron chi connectivity index (χ1n) is 11.7. The van der Waals surface area contributed by atoms with Gasteiger partial charge in [-0.15, -0.1) is 0 Å². The molecule has 2 heterocycles. The predicted molar refractivity (Wildman–Crippen MR) is 139 cm³/mol. The Morgan fingerprint density at radius 2 is 1.78 bits per heavy atom. The average Bonchev–Trinajstić information content (AvgIpc) is 3.36. The largest absolute Gasteiger partial charge is 0.497 e. The Balaban J connectivity index is 1.45. The van der Waals surface area contributed by atoms with E-state index in [9.17, 15) is 9.65 Å². The molecule has 0 spiro atoms. The molecule has 0 aliphatic carbocycles. The molecule has 0 fully saturated rings. The van der Waals surface area contributed by atoms with Crippen LogP contribution < -0.4 is 10.1 Å². The van der Waals surface area contributed by atoms with Gasteiger partial charge in [0.05, 0.1) is 35.8 Å². The first-order chi connectivity index (χ1) is 18.1. The van der Waals surface area contributed by atoms with Gasteiger partial charge in [0, 0.05) is 24.7 Å². The number of rotatable bonds is 8. The number of benzene rings is 3. The number of hydrogen-bond acceptors (Lipinski definition) is 6. The summed E-state index contributed by atoms with van der Waals surface area (Å²) in [5, 5.41) is 12.5. The van der Waals surface area contributed by atoms with E-state index in [1.807, 2.05) is 42.5 Å². The van der Waals surface area contributed by atoms with Gasteiger partial charge in [-0.05, 0) is 65.7 Å². The van der Waals surface area contributed by atoms with E-state index in [1.165, 1.54) is 12.1 Å². The molecule has 5 rings (SSSR count). The van der Waals surface area contributed by atoms with Crippen LogP contribution in [0.2, 0.25) is 0 Å². The van der Waals surface area contributed by atoms with Crippen LogP contribution in [0.4, 0.5) is 10.3 Å². The first-order valence-corrected chi connectivity index (χ1v) is 11.7. The van der Waals surface area contributed by atoms with Gasteiger partial charge in [0.1, 0.15) is 17.4 Å². The Morgan fingerprint density at radius 3 is 2.54 bits per heavy atom. The van der Waals surface area contributed by atoms with Gasteiger partial charge in [-0.2, -0.15) is 5.26 Å². The highest BCUT2D eigenvalue weighted by Gasteiger charge is 2.17. The summed E-state index contributed by atoms with van der Waals surface area (Å²) in [6, 6.07) is 25.3. The second kappa shape index (κ2) is 10.7. The van der Waals surface area contributed by atoms with E-state index in [4.69, 9.17) is 14.7 Å². The van der Waals surface area contributed by atoms with Crippen LogP contribution in [-0.4, -0.2) is 27.0 Å². The van der Waals surface area contributed by atoms with E-state index in [0.717, 1.165) is 22.4 Å². The molecule has 2 N–H and O–H groups in total. The zero-order valence-corrected chi connectivity index (χ0v) is 20.1. The number of H-pyrrole nitrogens is 1. The molecule has 7 nitrogen and oxygen atoms in total. The molecule has 0 atom stereocenters. The third-order valence-corrected chi connectivity index (χ3v) is 5.82. The van der Waals surface area contributed by atoms with Crippen LogP contribution in [0.25, 0.3) is 22.6 Å². The number of ether oxygens (including phenoxy) is 1. The van der Waals surface area contributed by atoms with E-state index in [-0.39, 0.29) is 5.82 Å². The average molecular weight is 491 g/mol. The maximum Gasteiger partial charge on any atom is 0.223 e. The molecule has 37 heavy (non-hydrogen) atoms. The van der Waals surface area contributed by atoms with Crippen LogP contribution in [0.15, 0.2) is 85.1 Å². The molecule has 0 saturated carbocycles. The summed E-state index contributed by atoms with van der Waals surface area (Å²) in [5.74, 6) is 1.65. The minimum Gasteiger partial charge on any atom is -0.497 e. The minimum absolute atomic E-state index is 0.318. The molecule has 182 valence electrons. The number of hydrogen-bond donors (Lipinski definition) is 2. The lowest BCUT2D eigenvalue weighted by Crippen LogP contribution is -2.04. The Hall–Kier alpha value is -5.03. The van der Waals surface area contributed by atoms with Crippen molar-refractivity contribution in [1.29, 1.82) is 5.26 Å². The zero-order chi connectivity index (χ0) is 25.6. The van der Waals surface area contributed by atoms with Crippen molar-refractivity contribution in [2.24, 2.45) is 0 Å². The third kappa shape index (κ3) is 5.63. The number of nitrogens with zero attached hydrogens (tertiary/aromatic N) is 4. The molecule has 5 aromatic rings. The Kier molecular flexibility index (Phi) is 6.86. The van der Waals surface area contributed by atoms with Crippen molar-refractivity contribution in [3.8, 4) is 34.5 Å². The summed E-state index contributed by atoms with van der Waals surface area (Å²) in [7, 11) is 1.64. The number of nitriles is 1. The smallest absolute Gasteiger partial charge is 0.223 e. The maximum atomic E-state index is 13.6. The molecule has 8 heteroatoms. The predicted octanol–water partition coefficient (Wildman–Crippen LogP) is 5.76. The van der Waals surface area contributed by atoms with Gasteiger partial charge in [-0.25, -0.2) is 19.3 Å². The maximum absolute atomic E-state index is 13.6. The lowest BCUT2D eigenvalue weighted by molar-refractivity contribution is 0.414. The van der Waals surface area contributed by atoms with Crippen molar-refractivity contribution in [2.45, 2.75) is 13.0 Å². The summed E-state index contributed by atoms with van der Waals surface area (Å²) in [5.41, 5.74) is 5.37. The summed E-state index contributed by atoms with van der Waals surface area (Å²) >= 11 is 0. The van der Waals surface area contributed by atoms with E-state index >= 15 is 0 Å². The molecule has 0 aliphatic heterocycles. The highest BCUT2D eigenvalue weighted by Crippen LogP contribution is 2.30. The number of halogens is 1.